The summed E-state index contributed by atoms with van der Waals surface area (Å²) in [5, 5.41) is 1.29. The van der Waals surface area contributed by atoms with Gasteiger partial charge in [-0.05, 0) is 37.2 Å². The van der Waals surface area contributed by atoms with Gasteiger partial charge >= 0.3 is 0 Å². The van der Waals surface area contributed by atoms with Crippen molar-refractivity contribution < 1.29 is 4.74 Å². The van der Waals surface area contributed by atoms with Crippen molar-refractivity contribution >= 4 is 22.4 Å². The molecule has 0 spiro atoms. The lowest BCUT2D eigenvalue weighted by Gasteiger charge is -2.32. The highest BCUT2D eigenvalue weighted by Gasteiger charge is 2.33. The van der Waals surface area contributed by atoms with E-state index < -0.39 is 0 Å². The molecule has 2 N–H and O–H groups in total. The molecule has 1 saturated carbocycles. The molecular formula is C11H17N3OS. The van der Waals surface area contributed by atoms with Crippen molar-refractivity contribution in [1.29, 1.82) is 0 Å². The predicted octanol–water partition coefficient (Wildman–Crippen LogP) is 1.83. The van der Waals surface area contributed by atoms with Gasteiger partial charge in [-0.1, -0.05) is 0 Å². The van der Waals surface area contributed by atoms with Crippen molar-refractivity contribution in [3.63, 3.8) is 0 Å². The van der Waals surface area contributed by atoms with Crippen LogP contribution in [0.2, 0.25) is 0 Å². The molecule has 1 aromatic rings. The summed E-state index contributed by atoms with van der Waals surface area (Å²) in [4.78, 5) is 2.38. The Morgan fingerprint density at radius 1 is 1.50 bits per heavy atom. The molecule has 1 unspecified atom stereocenters. The van der Waals surface area contributed by atoms with Crippen LogP contribution in [0.25, 0.3) is 0 Å². The van der Waals surface area contributed by atoms with Crippen LogP contribution < -0.4 is 10.6 Å². The van der Waals surface area contributed by atoms with Crippen molar-refractivity contribution in [2.24, 2.45) is 0 Å². The van der Waals surface area contributed by atoms with Crippen molar-refractivity contribution in [3.05, 3.63) is 5.56 Å². The van der Waals surface area contributed by atoms with Gasteiger partial charge in [0.1, 0.15) is 10.8 Å². The Bertz CT molecular complexity index is 389. The summed E-state index contributed by atoms with van der Waals surface area (Å²) in [5.74, 6) is 1.42. The van der Waals surface area contributed by atoms with Crippen LogP contribution >= 0.6 is 11.5 Å². The van der Waals surface area contributed by atoms with E-state index in [1.54, 1.807) is 11.5 Å². The molecule has 1 aliphatic heterocycles. The maximum atomic E-state index is 5.97. The molecule has 88 valence electrons. The highest BCUT2D eigenvalue weighted by molar-refractivity contribution is 7.10. The molecule has 2 fully saturated rings. The molecular weight excluding hydrogens is 222 g/mol. The molecule has 1 atom stereocenters. The highest BCUT2D eigenvalue weighted by atomic mass is 32.1. The first-order valence-electron chi connectivity index (χ1n) is 5.87. The van der Waals surface area contributed by atoms with E-state index in [9.17, 15) is 0 Å². The van der Waals surface area contributed by atoms with Crippen LogP contribution in [0.1, 0.15) is 31.2 Å². The van der Waals surface area contributed by atoms with Gasteiger partial charge in [0.15, 0.2) is 0 Å². The topological polar surface area (TPSA) is 51.4 Å². The second-order valence-corrected chi connectivity index (χ2v) is 5.44. The fraction of sp³-hybridized carbons (Fsp3) is 0.727. The fourth-order valence-corrected chi connectivity index (χ4v) is 3.22. The second kappa shape index (κ2) is 3.89. The molecule has 4 nitrogen and oxygen atoms in total. The first kappa shape index (κ1) is 10.4. The van der Waals surface area contributed by atoms with Gasteiger partial charge < -0.3 is 15.4 Å². The Balaban J connectivity index is 1.87. The number of nitrogens with zero attached hydrogens (tertiary/aromatic N) is 2. The summed E-state index contributed by atoms with van der Waals surface area (Å²) < 4.78 is 9.88. The maximum Gasteiger partial charge on any atom is 0.142 e. The van der Waals surface area contributed by atoms with Gasteiger partial charge in [-0.15, -0.1) is 0 Å². The summed E-state index contributed by atoms with van der Waals surface area (Å²) in [6.07, 6.45) is 2.86. The van der Waals surface area contributed by atoms with Crippen molar-refractivity contribution in [1.82, 2.24) is 4.37 Å². The summed E-state index contributed by atoms with van der Waals surface area (Å²) >= 11 is 1.55. The zero-order valence-electron chi connectivity index (χ0n) is 9.48. The summed E-state index contributed by atoms with van der Waals surface area (Å²) in [6, 6.07) is 0. The number of hydrogen-bond acceptors (Lipinski definition) is 5. The van der Waals surface area contributed by atoms with E-state index in [-0.39, 0.29) is 0 Å². The Labute approximate surface area is 99.6 Å². The van der Waals surface area contributed by atoms with Crippen LogP contribution in [0, 0.1) is 0 Å². The minimum atomic E-state index is 0.309. The van der Waals surface area contributed by atoms with Gasteiger partial charge in [-0.3, -0.25) is 0 Å². The third kappa shape index (κ3) is 1.78. The molecule has 0 amide bonds. The molecule has 0 radical (unpaired) electrons. The number of rotatable bonds is 2. The third-order valence-corrected chi connectivity index (χ3v) is 4.19. The number of nitrogens with two attached hydrogens (primary N) is 1. The number of ether oxygens (including phenoxy) is 1. The standard InChI is InChI=1S/C11H17N3OS/c1-7-6-14(4-5-15-7)11-9(8-2-3-8)10(12)13-16-11/h7-8H,2-6H2,1H3,(H2,12,13). The van der Waals surface area contributed by atoms with Gasteiger partial charge in [0.2, 0.25) is 0 Å². The summed E-state index contributed by atoms with van der Waals surface area (Å²) in [5.41, 5.74) is 7.27. The molecule has 1 saturated heterocycles. The summed E-state index contributed by atoms with van der Waals surface area (Å²) in [6.45, 7) is 4.85. The molecule has 16 heavy (non-hydrogen) atoms. The molecule has 5 heteroatoms. The van der Waals surface area contributed by atoms with Crippen LogP contribution in [-0.4, -0.2) is 30.2 Å². The molecule has 2 heterocycles. The van der Waals surface area contributed by atoms with Crippen molar-refractivity contribution in [2.45, 2.75) is 31.8 Å². The van der Waals surface area contributed by atoms with Gasteiger partial charge in [0.05, 0.1) is 12.7 Å². The maximum absolute atomic E-state index is 5.97. The Morgan fingerprint density at radius 3 is 3.00 bits per heavy atom. The first-order chi connectivity index (χ1) is 7.75. The number of morpholine rings is 1. The first-order valence-corrected chi connectivity index (χ1v) is 6.64. The van der Waals surface area contributed by atoms with Crippen LogP contribution in [0.5, 0.6) is 0 Å². The van der Waals surface area contributed by atoms with E-state index in [2.05, 4.69) is 16.2 Å². The van der Waals surface area contributed by atoms with Crippen LogP contribution in [0.15, 0.2) is 0 Å². The number of anilines is 2. The minimum absolute atomic E-state index is 0.309. The molecule has 1 aliphatic carbocycles. The lowest BCUT2D eigenvalue weighted by atomic mass is 10.2. The van der Waals surface area contributed by atoms with E-state index in [1.165, 1.54) is 23.4 Å². The van der Waals surface area contributed by atoms with Crippen molar-refractivity contribution in [2.75, 3.05) is 30.3 Å². The predicted molar refractivity (Wildman–Crippen MR) is 66.1 cm³/mol. The van der Waals surface area contributed by atoms with Gasteiger partial charge in [-0.25, -0.2) is 0 Å². The average molecular weight is 239 g/mol. The Hall–Kier alpha value is -0.810. The smallest absolute Gasteiger partial charge is 0.142 e. The zero-order valence-corrected chi connectivity index (χ0v) is 10.3. The van der Waals surface area contributed by atoms with Crippen molar-refractivity contribution in [3.8, 4) is 0 Å². The SMILES string of the molecule is CC1CN(c2snc(N)c2C2CC2)CCO1. The van der Waals surface area contributed by atoms with Crippen LogP contribution in [-0.2, 0) is 4.74 Å². The quantitative estimate of drug-likeness (QED) is 0.855. The van der Waals surface area contributed by atoms with E-state index in [0.717, 1.165) is 25.5 Å². The largest absolute Gasteiger partial charge is 0.383 e. The Kier molecular flexibility index (Phi) is 2.52. The highest BCUT2D eigenvalue weighted by Crippen LogP contribution is 2.48. The summed E-state index contributed by atoms with van der Waals surface area (Å²) in [7, 11) is 0. The van der Waals surface area contributed by atoms with Gasteiger partial charge in [-0.2, -0.15) is 4.37 Å². The zero-order chi connectivity index (χ0) is 11.1. The molecule has 3 rings (SSSR count). The number of hydrogen-bond donors (Lipinski definition) is 1. The fourth-order valence-electron chi connectivity index (χ4n) is 2.29. The second-order valence-electron chi connectivity index (χ2n) is 4.69. The van der Waals surface area contributed by atoms with E-state index in [0.29, 0.717) is 12.0 Å². The molecule has 0 bridgehead atoms. The number of aromatic nitrogens is 1. The lowest BCUT2D eigenvalue weighted by molar-refractivity contribution is 0.0534. The van der Waals surface area contributed by atoms with E-state index >= 15 is 0 Å². The van der Waals surface area contributed by atoms with E-state index in [4.69, 9.17) is 10.5 Å². The molecule has 2 aliphatic rings. The normalized spacial score (nSPS) is 26.1. The lowest BCUT2D eigenvalue weighted by Crippen LogP contribution is -2.41. The van der Waals surface area contributed by atoms with Gasteiger partial charge in [0.25, 0.3) is 0 Å². The number of nitrogen functional groups attached to an aromatic ring is 1. The van der Waals surface area contributed by atoms with E-state index in [1.807, 2.05) is 0 Å². The van der Waals surface area contributed by atoms with Crippen LogP contribution in [0.4, 0.5) is 10.8 Å². The third-order valence-electron chi connectivity index (χ3n) is 3.25. The average Bonchev–Trinajstić information content (AvgIpc) is 3.02. The molecule has 0 aromatic carbocycles. The Morgan fingerprint density at radius 2 is 2.31 bits per heavy atom. The minimum Gasteiger partial charge on any atom is -0.383 e. The monoisotopic (exact) mass is 239 g/mol. The van der Waals surface area contributed by atoms with Crippen LogP contribution in [0.3, 0.4) is 0 Å². The molecule has 1 aromatic heterocycles. The van der Waals surface area contributed by atoms with Gasteiger partial charge in [0, 0.05) is 18.7 Å².